The first-order valence-corrected chi connectivity index (χ1v) is 20.5. The van der Waals surface area contributed by atoms with E-state index in [4.69, 9.17) is 0 Å². The smallest absolute Gasteiger partial charge is 0.0726 e. The number of anilines is 3. The lowest BCUT2D eigenvalue weighted by Gasteiger charge is -2.32. The van der Waals surface area contributed by atoms with Gasteiger partial charge in [0.05, 0.1) is 11.1 Å². The van der Waals surface area contributed by atoms with Crippen molar-refractivity contribution in [1.29, 1.82) is 0 Å². The molecule has 1 unspecified atom stereocenters. The fourth-order valence-corrected chi connectivity index (χ4v) is 11.2. The van der Waals surface area contributed by atoms with Crippen LogP contribution in [0.1, 0.15) is 22.3 Å². The van der Waals surface area contributed by atoms with Crippen molar-refractivity contribution in [3.63, 3.8) is 0 Å². The number of rotatable bonds is 5. The molecule has 1 heterocycles. The molecule has 0 fully saturated rings. The van der Waals surface area contributed by atoms with E-state index in [-0.39, 0.29) is 0 Å². The molecule has 266 valence electrons. The Kier molecular flexibility index (Phi) is 7.08. The third kappa shape index (κ3) is 4.62. The van der Waals surface area contributed by atoms with E-state index < -0.39 is 5.41 Å². The van der Waals surface area contributed by atoms with Crippen molar-refractivity contribution in [2.45, 2.75) is 5.41 Å². The highest BCUT2D eigenvalue weighted by molar-refractivity contribution is 7.26. The van der Waals surface area contributed by atoms with Gasteiger partial charge in [0.1, 0.15) is 0 Å². The highest BCUT2D eigenvalue weighted by atomic mass is 32.1. The van der Waals surface area contributed by atoms with E-state index in [9.17, 15) is 0 Å². The van der Waals surface area contributed by atoms with E-state index in [2.05, 4.69) is 217 Å². The van der Waals surface area contributed by atoms with Crippen molar-refractivity contribution in [3.05, 3.63) is 235 Å². The fourth-order valence-electron chi connectivity index (χ4n) is 9.91. The molecule has 9 aromatic carbocycles. The van der Waals surface area contributed by atoms with Gasteiger partial charge in [-0.2, -0.15) is 0 Å². The van der Waals surface area contributed by atoms with Crippen LogP contribution in [0.4, 0.5) is 17.1 Å². The van der Waals surface area contributed by atoms with Gasteiger partial charge in [-0.05, 0) is 92.0 Å². The van der Waals surface area contributed by atoms with Gasteiger partial charge in [0.25, 0.3) is 0 Å². The van der Waals surface area contributed by atoms with E-state index in [1.165, 1.54) is 92.6 Å². The summed E-state index contributed by atoms with van der Waals surface area (Å²) >= 11 is 1.93. The van der Waals surface area contributed by atoms with Gasteiger partial charge in [-0.15, -0.1) is 11.3 Å². The maximum absolute atomic E-state index is 2.47. The molecule has 2 heteroatoms. The topological polar surface area (TPSA) is 3.24 Å². The van der Waals surface area contributed by atoms with Crippen LogP contribution in [-0.2, 0) is 5.41 Å². The Morgan fingerprint density at radius 1 is 0.333 bits per heavy atom. The molecule has 1 nitrogen and oxygen atoms in total. The molecular formula is C55H35NS. The molecule has 2 aliphatic rings. The normalized spacial score (nSPS) is 14.7. The Morgan fingerprint density at radius 2 is 0.825 bits per heavy atom. The van der Waals surface area contributed by atoms with Crippen LogP contribution in [0.5, 0.6) is 0 Å². The van der Waals surface area contributed by atoms with Crippen LogP contribution in [0.2, 0.25) is 0 Å². The van der Waals surface area contributed by atoms with Gasteiger partial charge >= 0.3 is 0 Å². The van der Waals surface area contributed by atoms with Crippen LogP contribution in [0.3, 0.4) is 0 Å². The largest absolute Gasteiger partial charge is 0.310 e. The second kappa shape index (κ2) is 12.5. The lowest BCUT2D eigenvalue weighted by molar-refractivity contribution is 0.794. The summed E-state index contributed by atoms with van der Waals surface area (Å²) in [6.07, 6.45) is 0. The predicted octanol–water partition coefficient (Wildman–Crippen LogP) is 15.2. The van der Waals surface area contributed by atoms with Crippen LogP contribution < -0.4 is 4.90 Å². The van der Waals surface area contributed by atoms with Gasteiger partial charge in [-0.25, -0.2) is 0 Å². The van der Waals surface area contributed by atoms with E-state index in [1.807, 2.05) is 11.3 Å². The molecule has 0 N–H and O–H groups in total. The molecule has 0 saturated carbocycles. The van der Waals surface area contributed by atoms with Crippen LogP contribution >= 0.6 is 11.3 Å². The van der Waals surface area contributed by atoms with Crippen molar-refractivity contribution in [1.82, 2.24) is 0 Å². The third-order valence-corrected chi connectivity index (χ3v) is 13.5. The number of benzene rings is 9. The molecule has 0 bridgehead atoms. The molecule has 1 aromatic heterocycles. The molecule has 0 aliphatic heterocycles. The monoisotopic (exact) mass is 741 g/mol. The quantitative estimate of drug-likeness (QED) is 0.170. The fraction of sp³-hybridized carbons (Fsp3) is 0.0182. The summed E-state index contributed by atoms with van der Waals surface area (Å²) in [5, 5.41) is 2.67. The molecule has 2 aliphatic carbocycles. The molecule has 12 rings (SSSR count). The van der Waals surface area contributed by atoms with E-state index >= 15 is 0 Å². The number of hydrogen-bond donors (Lipinski definition) is 0. The average Bonchev–Trinajstić information content (AvgIpc) is 3.92. The Hall–Kier alpha value is -7.00. The molecule has 1 atom stereocenters. The summed E-state index contributed by atoms with van der Waals surface area (Å²) in [5.41, 5.74) is 18.5. The summed E-state index contributed by atoms with van der Waals surface area (Å²) in [6.45, 7) is 0. The number of nitrogens with zero attached hydrogens (tertiary/aromatic N) is 1. The minimum Gasteiger partial charge on any atom is -0.310 e. The minimum absolute atomic E-state index is 0.460. The van der Waals surface area contributed by atoms with Gasteiger partial charge in [-0.1, -0.05) is 176 Å². The van der Waals surface area contributed by atoms with Crippen molar-refractivity contribution in [2.24, 2.45) is 0 Å². The Labute approximate surface area is 336 Å². The van der Waals surface area contributed by atoms with Gasteiger partial charge in [-0.3, -0.25) is 0 Å². The predicted molar refractivity (Wildman–Crippen MR) is 241 cm³/mol. The molecule has 57 heavy (non-hydrogen) atoms. The molecule has 0 saturated heterocycles. The van der Waals surface area contributed by atoms with Crippen molar-refractivity contribution in [3.8, 4) is 44.5 Å². The summed E-state index contributed by atoms with van der Waals surface area (Å²) in [7, 11) is 0. The summed E-state index contributed by atoms with van der Waals surface area (Å²) in [5.74, 6) is 0. The molecule has 0 radical (unpaired) electrons. The SMILES string of the molecule is c1ccc(-c2ccc(N(c3ccc(-c4ccccc4)cc3)c3cccc4c3-c3ccccc3C43c4ccccc4-c4c3ccc3c4sc4ccccc43)cc2)cc1. The molecule has 0 amide bonds. The van der Waals surface area contributed by atoms with Crippen LogP contribution in [-0.4, -0.2) is 0 Å². The average molecular weight is 742 g/mol. The zero-order valence-electron chi connectivity index (χ0n) is 31.1. The zero-order chi connectivity index (χ0) is 37.5. The number of thiophene rings is 1. The van der Waals surface area contributed by atoms with Gasteiger partial charge in [0.2, 0.25) is 0 Å². The highest BCUT2D eigenvalue weighted by Crippen LogP contribution is 2.66. The lowest BCUT2D eigenvalue weighted by Crippen LogP contribution is -2.26. The van der Waals surface area contributed by atoms with Gasteiger partial charge < -0.3 is 4.90 Å². The first kappa shape index (κ1) is 32.3. The first-order valence-electron chi connectivity index (χ1n) is 19.7. The minimum atomic E-state index is -0.460. The van der Waals surface area contributed by atoms with Crippen molar-refractivity contribution < 1.29 is 0 Å². The Balaban J connectivity index is 1.12. The summed E-state index contributed by atoms with van der Waals surface area (Å²) in [4.78, 5) is 2.47. The van der Waals surface area contributed by atoms with Gasteiger partial charge in [0.15, 0.2) is 0 Å². The van der Waals surface area contributed by atoms with Crippen LogP contribution in [0.25, 0.3) is 64.7 Å². The maximum Gasteiger partial charge on any atom is 0.0726 e. The molecule has 10 aromatic rings. The van der Waals surface area contributed by atoms with Crippen molar-refractivity contribution in [2.75, 3.05) is 4.90 Å². The summed E-state index contributed by atoms with van der Waals surface area (Å²) in [6, 6.07) is 78.5. The lowest BCUT2D eigenvalue weighted by atomic mass is 9.70. The van der Waals surface area contributed by atoms with Gasteiger partial charge in [0, 0.05) is 42.7 Å². The Morgan fingerprint density at radius 3 is 1.46 bits per heavy atom. The number of hydrogen-bond acceptors (Lipinski definition) is 2. The maximum atomic E-state index is 2.47. The second-order valence-electron chi connectivity index (χ2n) is 15.2. The highest BCUT2D eigenvalue weighted by Gasteiger charge is 2.53. The van der Waals surface area contributed by atoms with Crippen LogP contribution in [0.15, 0.2) is 212 Å². The van der Waals surface area contributed by atoms with E-state index in [0.29, 0.717) is 0 Å². The van der Waals surface area contributed by atoms with Crippen molar-refractivity contribution >= 4 is 48.6 Å². The molecular weight excluding hydrogens is 707 g/mol. The number of fused-ring (bicyclic) bond motifs is 14. The first-order chi connectivity index (χ1) is 28.3. The Bertz CT molecular complexity index is 3080. The van der Waals surface area contributed by atoms with E-state index in [0.717, 1.165) is 11.4 Å². The zero-order valence-corrected chi connectivity index (χ0v) is 31.9. The second-order valence-corrected chi connectivity index (χ2v) is 16.2. The van der Waals surface area contributed by atoms with E-state index in [1.54, 1.807) is 0 Å². The summed E-state index contributed by atoms with van der Waals surface area (Å²) < 4.78 is 2.71. The standard InChI is InChI=1S/C55H35NS/c1-3-14-36(15-4-1)38-26-30-40(31-27-38)56(41-32-28-39(29-33-41)37-16-5-2-6-17-37)50-24-13-23-48-52(50)44-19-7-10-21-46(44)55(48)47-22-11-8-20-45(47)53-49(55)35-34-43-42-18-9-12-25-51(42)57-54(43)53/h1-35H. The third-order valence-electron chi connectivity index (χ3n) is 12.3. The van der Waals surface area contributed by atoms with Crippen LogP contribution in [0, 0.1) is 0 Å². The molecule has 1 spiro atoms.